The summed E-state index contributed by atoms with van der Waals surface area (Å²) in [6.45, 7) is 3.62. The summed E-state index contributed by atoms with van der Waals surface area (Å²) in [5, 5.41) is 10.9. The maximum atomic E-state index is 12.5. The van der Waals surface area contributed by atoms with Gasteiger partial charge < -0.3 is 9.73 Å². The molecule has 1 aromatic heterocycles. The molecule has 0 saturated heterocycles. The van der Waals surface area contributed by atoms with Crippen LogP contribution in [0.25, 0.3) is 0 Å². The van der Waals surface area contributed by atoms with Crippen LogP contribution in [0.3, 0.4) is 0 Å². The number of hydrogen-bond donors (Lipinski definition) is 1. The molecule has 0 unspecified atom stereocenters. The van der Waals surface area contributed by atoms with Gasteiger partial charge in [0, 0.05) is 13.0 Å². The number of hydrogen-bond acceptors (Lipinski definition) is 4. The van der Waals surface area contributed by atoms with Crippen molar-refractivity contribution in [3.05, 3.63) is 47.2 Å². The molecule has 0 bridgehead atoms. The Labute approximate surface area is 120 Å². The van der Waals surface area contributed by atoms with Crippen molar-refractivity contribution >= 4 is 0 Å². The first-order valence-corrected chi connectivity index (χ1v) is 6.67. The monoisotopic (exact) mass is 299 g/mol. The van der Waals surface area contributed by atoms with Crippen LogP contribution in [0, 0.1) is 0 Å². The third-order valence-corrected chi connectivity index (χ3v) is 2.91. The highest BCUT2D eigenvalue weighted by Gasteiger charge is 2.29. The van der Waals surface area contributed by atoms with Crippen molar-refractivity contribution in [1.29, 1.82) is 0 Å². The lowest BCUT2D eigenvalue weighted by Crippen LogP contribution is -2.16. The van der Waals surface area contributed by atoms with Crippen molar-refractivity contribution in [2.75, 3.05) is 13.1 Å². The van der Waals surface area contributed by atoms with Crippen molar-refractivity contribution in [2.24, 2.45) is 0 Å². The first kappa shape index (κ1) is 15.5. The Kier molecular flexibility index (Phi) is 4.95. The molecule has 1 N–H and O–H groups in total. The second-order valence-corrected chi connectivity index (χ2v) is 4.56. The summed E-state index contributed by atoms with van der Waals surface area (Å²) in [6.07, 6.45) is -3.36. The second kappa shape index (κ2) is 6.71. The normalized spacial score (nSPS) is 11.8. The highest BCUT2D eigenvalue weighted by atomic mass is 19.4. The van der Waals surface area contributed by atoms with Crippen LogP contribution >= 0.6 is 0 Å². The Morgan fingerprint density at radius 2 is 1.76 bits per heavy atom. The standard InChI is InChI=1S/C14H16F3N3O/c1-2-18-8-7-12-19-20-13(21-12)9-10-3-5-11(6-4-10)14(15,16)17/h3-6,18H,2,7-9H2,1H3. The van der Waals surface area contributed by atoms with E-state index in [9.17, 15) is 13.2 Å². The van der Waals surface area contributed by atoms with Crippen molar-refractivity contribution in [3.63, 3.8) is 0 Å². The molecule has 4 nitrogen and oxygen atoms in total. The molecule has 7 heteroatoms. The van der Waals surface area contributed by atoms with E-state index in [1.807, 2.05) is 6.92 Å². The summed E-state index contributed by atoms with van der Waals surface area (Å²) in [6, 6.07) is 4.95. The molecule has 2 aromatic rings. The van der Waals surface area contributed by atoms with Crippen LogP contribution in [0.1, 0.15) is 29.8 Å². The topological polar surface area (TPSA) is 51.0 Å². The number of nitrogens with one attached hydrogen (secondary N) is 1. The van der Waals surface area contributed by atoms with Crippen LogP contribution in [0.2, 0.25) is 0 Å². The van der Waals surface area contributed by atoms with E-state index in [0.717, 1.165) is 25.2 Å². The van der Waals surface area contributed by atoms with Crippen molar-refractivity contribution in [2.45, 2.75) is 25.9 Å². The molecule has 0 radical (unpaired) electrons. The van der Waals surface area contributed by atoms with Crippen LogP contribution in [-0.2, 0) is 19.0 Å². The maximum absolute atomic E-state index is 12.5. The molecule has 2 rings (SSSR count). The molecule has 0 fully saturated rings. The maximum Gasteiger partial charge on any atom is 0.416 e. The van der Waals surface area contributed by atoms with Crippen LogP contribution < -0.4 is 5.32 Å². The zero-order valence-corrected chi connectivity index (χ0v) is 11.6. The third-order valence-electron chi connectivity index (χ3n) is 2.91. The van der Waals surface area contributed by atoms with Gasteiger partial charge in [0.15, 0.2) is 0 Å². The first-order chi connectivity index (χ1) is 9.99. The zero-order chi connectivity index (χ0) is 15.3. The van der Waals surface area contributed by atoms with E-state index in [1.54, 1.807) is 0 Å². The smallest absolute Gasteiger partial charge is 0.416 e. The van der Waals surface area contributed by atoms with E-state index in [1.165, 1.54) is 12.1 Å². The number of benzene rings is 1. The summed E-state index contributed by atoms with van der Waals surface area (Å²) in [4.78, 5) is 0. The molecule has 0 spiro atoms. The van der Waals surface area contributed by atoms with Crippen molar-refractivity contribution in [1.82, 2.24) is 15.5 Å². The summed E-state index contributed by atoms with van der Waals surface area (Å²) >= 11 is 0. The molecule has 0 aliphatic carbocycles. The summed E-state index contributed by atoms with van der Waals surface area (Å²) in [5.74, 6) is 0.930. The molecular formula is C14H16F3N3O. The van der Waals surface area contributed by atoms with E-state index in [0.29, 0.717) is 30.2 Å². The van der Waals surface area contributed by atoms with Gasteiger partial charge in [0.2, 0.25) is 11.8 Å². The minimum Gasteiger partial charge on any atom is -0.425 e. The number of alkyl halides is 3. The molecule has 0 aliphatic heterocycles. The quantitative estimate of drug-likeness (QED) is 0.833. The largest absolute Gasteiger partial charge is 0.425 e. The zero-order valence-electron chi connectivity index (χ0n) is 11.6. The Balaban J connectivity index is 1.95. The molecule has 21 heavy (non-hydrogen) atoms. The number of nitrogens with zero attached hydrogens (tertiary/aromatic N) is 2. The fourth-order valence-corrected chi connectivity index (χ4v) is 1.82. The minimum absolute atomic E-state index is 0.326. The van der Waals surface area contributed by atoms with Gasteiger partial charge in [0.1, 0.15) is 0 Å². The van der Waals surface area contributed by atoms with Gasteiger partial charge in [-0.2, -0.15) is 13.2 Å². The molecule has 1 aromatic carbocycles. The predicted molar refractivity (Wildman–Crippen MR) is 70.8 cm³/mol. The molecule has 0 saturated carbocycles. The van der Waals surface area contributed by atoms with Crippen LogP contribution in [0.4, 0.5) is 13.2 Å². The highest BCUT2D eigenvalue weighted by Crippen LogP contribution is 2.29. The van der Waals surface area contributed by atoms with E-state index >= 15 is 0 Å². The number of halogens is 3. The van der Waals surface area contributed by atoms with Gasteiger partial charge in [-0.15, -0.1) is 10.2 Å². The lowest BCUT2D eigenvalue weighted by molar-refractivity contribution is -0.137. The lowest BCUT2D eigenvalue weighted by Gasteiger charge is -2.06. The minimum atomic E-state index is -4.32. The SMILES string of the molecule is CCNCCc1nnc(Cc2ccc(C(F)(F)F)cc2)o1. The van der Waals surface area contributed by atoms with Gasteiger partial charge in [-0.25, -0.2) is 0 Å². The van der Waals surface area contributed by atoms with Crippen LogP contribution in [0.15, 0.2) is 28.7 Å². The van der Waals surface area contributed by atoms with Gasteiger partial charge in [0.25, 0.3) is 0 Å². The Bertz CT molecular complexity index is 564. The van der Waals surface area contributed by atoms with Gasteiger partial charge in [0.05, 0.1) is 12.0 Å². The van der Waals surface area contributed by atoms with Gasteiger partial charge in [-0.05, 0) is 24.2 Å². The molecule has 0 amide bonds. The van der Waals surface area contributed by atoms with Crippen LogP contribution in [0.5, 0.6) is 0 Å². The predicted octanol–water partition coefficient (Wildman–Crippen LogP) is 2.83. The average Bonchev–Trinajstić information content (AvgIpc) is 2.86. The molecule has 0 aliphatic rings. The fourth-order valence-electron chi connectivity index (χ4n) is 1.82. The van der Waals surface area contributed by atoms with E-state index in [2.05, 4.69) is 15.5 Å². The molecular weight excluding hydrogens is 283 g/mol. The number of likely N-dealkylation sites (N-methyl/N-ethyl adjacent to an activating group) is 1. The Morgan fingerprint density at radius 1 is 1.10 bits per heavy atom. The van der Waals surface area contributed by atoms with Gasteiger partial charge in [-0.3, -0.25) is 0 Å². The van der Waals surface area contributed by atoms with Gasteiger partial charge in [-0.1, -0.05) is 19.1 Å². The summed E-state index contributed by atoms with van der Waals surface area (Å²) < 4.78 is 42.8. The lowest BCUT2D eigenvalue weighted by atomic mass is 10.1. The van der Waals surface area contributed by atoms with E-state index < -0.39 is 11.7 Å². The Hall–Kier alpha value is -1.89. The second-order valence-electron chi connectivity index (χ2n) is 4.56. The highest BCUT2D eigenvalue weighted by molar-refractivity contribution is 5.26. The van der Waals surface area contributed by atoms with Gasteiger partial charge >= 0.3 is 6.18 Å². The van der Waals surface area contributed by atoms with Crippen LogP contribution in [-0.4, -0.2) is 23.3 Å². The van der Waals surface area contributed by atoms with E-state index in [4.69, 9.17) is 4.42 Å². The van der Waals surface area contributed by atoms with Crippen molar-refractivity contribution < 1.29 is 17.6 Å². The summed E-state index contributed by atoms with van der Waals surface area (Å²) in [7, 11) is 0. The molecule has 0 atom stereocenters. The number of rotatable bonds is 6. The molecule has 114 valence electrons. The fraction of sp³-hybridized carbons (Fsp3) is 0.429. The number of aromatic nitrogens is 2. The molecule has 1 heterocycles. The van der Waals surface area contributed by atoms with E-state index in [-0.39, 0.29) is 0 Å². The van der Waals surface area contributed by atoms with Crippen molar-refractivity contribution in [3.8, 4) is 0 Å². The first-order valence-electron chi connectivity index (χ1n) is 6.67. The third kappa shape index (κ3) is 4.56. The Morgan fingerprint density at radius 3 is 2.38 bits per heavy atom. The average molecular weight is 299 g/mol. The summed E-state index contributed by atoms with van der Waals surface area (Å²) in [5.41, 5.74) is 0.0352.